The summed E-state index contributed by atoms with van der Waals surface area (Å²) < 4.78 is 23.9. The van der Waals surface area contributed by atoms with Crippen molar-refractivity contribution in [3.63, 3.8) is 0 Å². The monoisotopic (exact) mass is 457 g/mol. The third kappa shape index (κ3) is 4.65. The number of para-hydroxylation sites is 1. The smallest absolute Gasteiger partial charge is 0.244 e. The molecule has 1 N–H and O–H groups in total. The van der Waals surface area contributed by atoms with E-state index < -0.39 is 9.84 Å². The Hall–Kier alpha value is -2.32. The highest BCUT2D eigenvalue weighted by atomic mass is 32.2. The molecule has 1 amide bonds. The van der Waals surface area contributed by atoms with E-state index in [9.17, 15) is 13.2 Å². The average molecular weight is 458 g/mol. The Labute approximate surface area is 188 Å². The van der Waals surface area contributed by atoms with E-state index in [0.717, 1.165) is 28.1 Å². The van der Waals surface area contributed by atoms with E-state index in [1.807, 2.05) is 62.9 Å². The van der Waals surface area contributed by atoms with Gasteiger partial charge in [0.15, 0.2) is 15.0 Å². The zero-order valence-electron chi connectivity index (χ0n) is 18.2. The van der Waals surface area contributed by atoms with Crippen LogP contribution in [0.2, 0.25) is 0 Å². The van der Waals surface area contributed by atoms with Gasteiger partial charge in [-0.3, -0.25) is 9.79 Å². The SMILES string of the molecule is Cc1ccc(N(CC(=O)Nc2c(C)cccc2C)C2=N[C@@H]3CS(=O)(=O)C[C@H]3S2)cc1C. The summed E-state index contributed by atoms with van der Waals surface area (Å²) in [6.07, 6.45) is 0. The molecule has 164 valence electrons. The summed E-state index contributed by atoms with van der Waals surface area (Å²) in [5.41, 5.74) is 6.04. The van der Waals surface area contributed by atoms with Crippen molar-refractivity contribution >= 4 is 44.0 Å². The number of sulfone groups is 1. The molecule has 1 saturated heterocycles. The van der Waals surface area contributed by atoms with E-state index in [1.54, 1.807) is 0 Å². The Morgan fingerprint density at radius 3 is 2.42 bits per heavy atom. The Morgan fingerprint density at radius 2 is 1.77 bits per heavy atom. The number of thioether (sulfide) groups is 1. The van der Waals surface area contributed by atoms with Crippen LogP contribution in [-0.4, -0.2) is 48.8 Å². The van der Waals surface area contributed by atoms with Crippen molar-refractivity contribution in [2.75, 3.05) is 28.3 Å². The Bertz CT molecular complexity index is 1150. The minimum Gasteiger partial charge on any atom is -0.324 e. The highest BCUT2D eigenvalue weighted by Crippen LogP contribution is 2.37. The van der Waals surface area contributed by atoms with Gasteiger partial charge in [-0.2, -0.15) is 0 Å². The summed E-state index contributed by atoms with van der Waals surface area (Å²) in [6.45, 7) is 8.14. The molecular formula is C23H27N3O3S2. The predicted octanol–water partition coefficient (Wildman–Crippen LogP) is 3.63. The van der Waals surface area contributed by atoms with Gasteiger partial charge in [0.2, 0.25) is 5.91 Å². The van der Waals surface area contributed by atoms with Crippen molar-refractivity contribution in [1.82, 2.24) is 0 Å². The molecule has 2 aliphatic heterocycles. The molecule has 0 aromatic heterocycles. The highest BCUT2D eigenvalue weighted by Gasteiger charge is 2.44. The molecule has 2 aliphatic rings. The van der Waals surface area contributed by atoms with Crippen molar-refractivity contribution in [3.05, 3.63) is 58.7 Å². The average Bonchev–Trinajstić information content (AvgIpc) is 3.18. The molecule has 0 saturated carbocycles. The summed E-state index contributed by atoms with van der Waals surface area (Å²) in [6, 6.07) is 11.8. The Morgan fingerprint density at radius 1 is 1.06 bits per heavy atom. The molecule has 2 aromatic carbocycles. The molecule has 0 radical (unpaired) electrons. The standard InChI is InChI=1S/C23H27N3O3S2/c1-14-8-9-18(10-17(14)4)26(23-24-19-12-31(28,29)13-20(19)30-23)11-21(27)25-22-15(2)6-5-7-16(22)3/h5-10,19-20H,11-13H2,1-4H3,(H,25,27)/t19-,20-/m1/s1. The van der Waals surface area contributed by atoms with E-state index in [-0.39, 0.29) is 35.2 Å². The number of carbonyl (C=O) groups is 1. The maximum Gasteiger partial charge on any atom is 0.244 e. The maximum absolute atomic E-state index is 13.0. The number of aryl methyl sites for hydroxylation is 4. The first-order chi connectivity index (χ1) is 14.6. The van der Waals surface area contributed by atoms with Crippen molar-refractivity contribution in [1.29, 1.82) is 0 Å². The summed E-state index contributed by atoms with van der Waals surface area (Å²) in [5.74, 6) is 0.0948. The number of amides is 1. The van der Waals surface area contributed by atoms with Gasteiger partial charge in [-0.25, -0.2) is 8.42 Å². The first-order valence-corrected chi connectivity index (χ1v) is 13.0. The fourth-order valence-electron chi connectivity index (χ4n) is 3.97. The van der Waals surface area contributed by atoms with E-state index in [0.29, 0.717) is 5.17 Å². The van der Waals surface area contributed by atoms with Crippen LogP contribution in [0.5, 0.6) is 0 Å². The molecule has 0 aliphatic carbocycles. The van der Waals surface area contributed by atoms with Crippen LogP contribution < -0.4 is 10.2 Å². The second-order valence-corrected chi connectivity index (χ2v) is 11.7. The van der Waals surface area contributed by atoms with Crippen LogP contribution in [0.1, 0.15) is 22.3 Å². The Kier molecular flexibility index (Phi) is 5.87. The van der Waals surface area contributed by atoms with Gasteiger partial charge >= 0.3 is 0 Å². The summed E-state index contributed by atoms with van der Waals surface area (Å²) in [7, 11) is -3.03. The number of nitrogens with one attached hydrogen (secondary N) is 1. The van der Waals surface area contributed by atoms with E-state index in [1.165, 1.54) is 17.3 Å². The number of benzene rings is 2. The molecule has 8 heteroatoms. The van der Waals surface area contributed by atoms with Gasteiger partial charge in [0.1, 0.15) is 6.54 Å². The lowest BCUT2D eigenvalue weighted by Crippen LogP contribution is -2.37. The minimum absolute atomic E-state index is 0.0734. The van der Waals surface area contributed by atoms with Crippen LogP contribution in [0.25, 0.3) is 0 Å². The van der Waals surface area contributed by atoms with Gasteiger partial charge in [-0.15, -0.1) is 0 Å². The van der Waals surface area contributed by atoms with Gasteiger partial charge in [0.25, 0.3) is 0 Å². The van der Waals surface area contributed by atoms with Crippen LogP contribution in [0, 0.1) is 27.7 Å². The van der Waals surface area contributed by atoms with Gasteiger partial charge < -0.3 is 10.2 Å². The molecular weight excluding hydrogens is 430 g/mol. The van der Waals surface area contributed by atoms with Gasteiger partial charge in [0.05, 0.1) is 17.5 Å². The quantitative estimate of drug-likeness (QED) is 0.758. The lowest BCUT2D eigenvalue weighted by Gasteiger charge is -2.25. The largest absolute Gasteiger partial charge is 0.324 e. The lowest BCUT2D eigenvalue weighted by atomic mass is 10.1. The zero-order valence-corrected chi connectivity index (χ0v) is 19.8. The molecule has 1 fully saturated rings. The minimum atomic E-state index is -3.03. The number of hydrogen-bond acceptors (Lipinski definition) is 6. The lowest BCUT2D eigenvalue weighted by molar-refractivity contribution is -0.114. The first kappa shape index (κ1) is 21.9. The van der Waals surface area contributed by atoms with E-state index in [4.69, 9.17) is 4.99 Å². The fourth-order valence-corrected chi connectivity index (χ4v) is 7.75. The molecule has 4 rings (SSSR count). The van der Waals surface area contributed by atoms with Crippen molar-refractivity contribution in [3.8, 4) is 0 Å². The molecule has 2 heterocycles. The number of amidine groups is 1. The topological polar surface area (TPSA) is 78.8 Å². The van der Waals surface area contributed by atoms with Crippen LogP contribution >= 0.6 is 11.8 Å². The highest BCUT2D eigenvalue weighted by molar-refractivity contribution is 8.15. The van der Waals surface area contributed by atoms with Crippen LogP contribution in [0.3, 0.4) is 0 Å². The maximum atomic E-state index is 13.0. The molecule has 6 nitrogen and oxygen atoms in total. The number of fused-ring (bicyclic) bond motifs is 1. The number of nitrogens with zero attached hydrogens (tertiary/aromatic N) is 2. The van der Waals surface area contributed by atoms with Gasteiger partial charge in [-0.05, 0) is 62.1 Å². The second-order valence-electron chi connectivity index (χ2n) is 8.38. The number of hydrogen-bond donors (Lipinski definition) is 1. The van der Waals surface area contributed by atoms with E-state index in [2.05, 4.69) is 11.4 Å². The summed E-state index contributed by atoms with van der Waals surface area (Å²) >= 11 is 1.47. The zero-order chi connectivity index (χ0) is 22.3. The van der Waals surface area contributed by atoms with Gasteiger partial charge in [-0.1, -0.05) is 36.0 Å². The predicted molar refractivity (Wildman–Crippen MR) is 129 cm³/mol. The molecule has 2 atom stereocenters. The summed E-state index contributed by atoms with van der Waals surface area (Å²) in [4.78, 5) is 19.7. The summed E-state index contributed by atoms with van der Waals surface area (Å²) in [5, 5.41) is 3.69. The number of rotatable bonds is 4. The molecule has 31 heavy (non-hydrogen) atoms. The fraction of sp³-hybridized carbons (Fsp3) is 0.391. The number of anilines is 2. The first-order valence-electron chi connectivity index (χ1n) is 10.3. The Balaban J connectivity index is 1.62. The molecule has 2 aromatic rings. The van der Waals surface area contributed by atoms with Crippen molar-refractivity contribution < 1.29 is 13.2 Å². The van der Waals surface area contributed by atoms with Crippen LogP contribution in [0.4, 0.5) is 11.4 Å². The van der Waals surface area contributed by atoms with Crippen LogP contribution in [0.15, 0.2) is 41.4 Å². The third-order valence-electron chi connectivity index (χ3n) is 5.89. The number of carbonyl (C=O) groups excluding carboxylic acids is 1. The normalized spacial score (nSPS) is 21.5. The van der Waals surface area contributed by atoms with Crippen LogP contribution in [-0.2, 0) is 14.6 Å². The molecule has 0 spiro atoms. The van der Waals surface area contributed by atoms with Gasteiger partial charge in [0, 0.05) is 16.6 Å². The van der Waals surface area contributed by atoms with Crippen molar-refractivity contribution in [2.45, 2.75) is 39.0 Å². The molecule has 0 unspecified atom stereocenters. The molecule has 0 bridgehead atoms. The van der Waals surface area contributed by atoms with E-state index >= 15 is 0 Å². The second kappa shape index (κ2) is 8.31. The van der Waals surface area contributed by atoms with Crippen molar-refractivity contribution in [2.24, 2.45) is 4.99 Å². The third-order valence-corrected chi connectivity index (χ3v) is 9.13. The number of aliphatic imine (C=N–C) groups is 1.